The number of carbonyl (C=O) groups excluding carboxylic acids is 2. The molecule has 1 saturated heterocycles. The normalized spacial score (nSPS) is 25.8. The minimum Gasteiger partial charge on any atom is -0.354 e. The minimum atomic E-state index is 0.0475. The molecule has 2 rings (SSSR count). The van der Waals surface area contributed by atoms with E-state index in [1.807, 2.05) is 0 Å². The smallest absolute Gasteiger partial charge is 0.234 e. The summed E-state index contributed by atoms with van der Waals surface area (Å²) >= 11 is 0. The molecule has 2 fully saturated rings. The molecule has 2 aliphatic rings. The van der Waals surface area contributed by atoms with Gasteiger partial charge in [-0.2, -0.15) is 0 Å². The van der Waals surface area contributed by atoms with Crippen molar-refractivity contribution >= 4 is 11.8 Å². The van der Waals surface area contributed by atoms with Crippen LogP contribution in [-0.4, -0.2) is 37.0 Å². The lowest BCUT2D eigenvalue weighted by Gasteiger charge is -2.14. The Labute approximate surface area is 95.3 Å². The molecule has 1 aliphatic heterocycles. The topological polar surface area (TPSA) is 70.2 Å². The molecule has 1 saturated carbocycles. The van der Waals surface area contributed by atoms with Gasteiger partial charge in [0.1, 0.15) is 0 Å². The van der Waals surface area contributed by atoms with E-state index in [1.165, 1.54) is 12.8 Å². The molecule has 90 valence electrons. The van der Waals surface area contributed by atoms with Gasteiger partial charge in [0.15, 0.2) is 0 Å². The van der Waals surface area contributed by atoms with Gasteiger partial charge in [0.25, 0.3) is 0 Å². The van der Waals surface area contributed by atoms with Gasteiger partial charge in [0.2, 0.25) is 11.8 Å². The third-order valence-electron chi connectivity index (χ3n) is 3.25. The molecule has 0 radical (unpaired) electrons. The number of hydrogen-bond acceptors (Lipinski definition) is 3. The largest absolute Gasteiger partial charge is 0.354 e. The maximum Gasteiger partial charge on any atom is 0.234 e. The predicted molar refractivity (Wildman–Crippen MR) is 59.8 cm³/mol. The lowest BCUT2D eigenvalue weighted by molar-refractivity contribution is -0.121. The molecule has 16 heavy (non-hydrogen) atoms. The fourth-order valence-corrected chi connectivity index (χ4v) is 2.34. The summed E-state index contributed by atoms with van der Waals surface area (Å²) in [5.74, 6) is 0.111. The number of carbonyl (C=O) groups is 2. The van der Waals surface area contributed by atoms with E-state index >= 15 is 0 Å². The van der Waals surface area contributed by atoms with Crippen LogP contribution < -0.4 is 16.0 Å². The SMILES string of the molecule is O=C1CC(NCC(=O)NC2CCCC2)CN1. The van der Waals surface area contributed by atoms with Crippen molar-refractivity contribution in [2.75, 3.05) is 13.1 Å². The third-order valence-corrected chi connectivity index (χ3v) is 3.25. The second kappa shape index (κ2) is 5.30. The zero-order chi connectivity index (χ0) is 11.4. The van der Waals surface area contributed by atoms with Gasteiger partial charge in [0, 0.05) is 25.0 Å². The molecule has 0 aromatic carbocycles. The Balaban J connectivity index is 1.61. The molecule has 2 amide bonds. The Morgan fingerprint density at radius 3 is 2.69 bits per heavy atom. The standard InChI is InChI=1S/C11H19N3O2/c15-10-5-9(6-13-10)12-7-11(16)14-8-3-1-2-4-8/h8-9,12H,1-7H2,(H,13,15)(H,14,16). The van der Waals surface area contributed by atoms with Gasteiger partial charge in [-0.3, -0.25) is 9.59 Å². The summed E-state index contributed by atoms with van der Waals surface area (Å²) in [4.78, 5) is 22.5. The van der Waals surface area contributed by atoms with Crippen LogP contribution in [0.15, 0.2) is 0 Å². The lowest BCUT2D eigenvalue weighted by atomic mass is 10.2. The molecule has 5 nitrogen and oxygen atoms in total. The van der Waals surface area contributed by atoms with Crippen LogP contribution in [-0.2, 0) is 9.59 Å². The molecule has 0 spiro atoms. The molecule has 1 unspecified atom stereocenters. The van der Waals surface area contributed by atoms with Gasteiger partial charge >= 0.3 is 0 Å². The molecule has 0 aromatic rings. The minimum absolute atomic E-state index is 0.0475. The van der Waals surface area contributed by atoms with Crippen LogP contribution in [0.4, 0.5) is 0 Å². The van der Waals surface area contributed by atoms with E-state index in [0.717, 1.165) is 12.8 Å². The first-order valence-electron chi connectivity index (χ1n) is 6.03. The molecule has 0 aromatic heterocycles. The van der Waals surface area contributed by atoms with Crippen LogP contribution in [0.2, 0.25) is 0 Å². The van der Waals surface area contributed by atoms with Crippen molar-refractivity contribution in [3.63, 3.8) is 0 Å². The fourth-order valence-electron chi connectivity index (χ4n) is 2.34. The van der Waals surface area contributed by atoms with Gasteiger partial charge in [0.05, 0.1) is 6.54 Å². The van der Waals surface area contributed by atoms with Crippen LogP contribution in [0.5, 0.6) is 0 Å². The van der Waals surface area contributed by atoms with E-state index in [1.54, 1.807) is 0 Å². The molecule has 0 bridgehead atoms. The lowest BCUT2D eigenvalue weighted by Crippen LogP contribution is -2.43. The third kappa shape index (κ3) is 3.20. The first-order chi connectivity index (χ1) is 7.74. The van der Waals surface area contributed by atoms with E-state index in [4.69, 9.17) is 0 Å². The first kappa shape index (κ1) is 11.4. The van der Waals surface area contributed by atoms with E-state index in [2.05, 4.69) is 16.0 Å². The Kier molecular flexibility index (Phi) is 3.77. The quantitative estimate of drug-likeness (QED) is 0.605. The van der Waals surface area contributed by atoms with Crippen LogP contribution >= 0.6 is 0 Å². The Morgan fingerprint density at radius 2 is 2.06 bits per heavy atom. The van der Waals surface area contributed by atoms with Crippen molar-refractivity contribution in [3.8, 4) is 0 Å². The van der Waals surface area contributed by atoms with Crippen molar-refractivity contribution in [2.24, 2.45) is 0 Å². The molecule has 1 heterocycles. The van der Waals surface area contributed by atoms with Crippen molar-refractivity contribution < 1.29 is 9.59 Å². The van der Waals surface area contributed by atoms with E-state index in [-0.39, 0.29) is 17.9 Å². The van der Waals surface area contributed by atoms with Crippen LogP contribution in [0.25, 0.3) is 0 Å². The van der Waals surface area contributed by atoms with Crippen LogP contribution in [0.1, 0.15) is 32.1 Å². The molecular weight excluding hydrogens is 206 g/mol. The highest BCUT2D eigenvalue weighted by molar-refractivity contribution is 5.80. The van der Waals surface area contributed by atoms with Crippen molar-refractivity contribution in [2.45, 2.75) is 44.2 Å². The summed E-state index contributed by atoms with van der Waals surface area (Å²) in [6.45, 7) is 0.950. The maximum atomic E-state index is 11.6. The highest BCUT2D eigenvalue weighted by Crippen LogP contribution is 2.17. The van der Waals surface area contributed by atoms with E-state index in [0.29, 0.717) is 25.6 Å². The van der Waals surface area contributed by atoms with Gasteiger partial charge in [-0.1, -0.05) is 12.8 Å². The highest BCUT2D eigenvalue weighted by atomic mass is 16.2. The average molecular weight is 225 g/mol. The number of hydrogen-bond donors (Lipinski definition) is 3. The first-order valence-corrected chi connectivity index (χ1v) is 6.03. The Hall–Kier alpha value is -1.10. The maximum absolute atomic E-state index is 11.6. The number of nitrogens with one attached hydrogen (secondary N) is 3. The summed E-state index contributed by atoms with van der Waals surface area (Å²) < 4.78 is 0. The average Bonchev–Trinajstić information content (AvgIpc) is 2.87. The monoisotopic (exact) mass is 225 g/mol. The summed E-state index contributed by atoms with van der Waals surface area (Å²) in [5, 5.41) is 8.83. The van der Waals surface area contributed by atoms with Crippen molar-refractivity contribution in [3.05, 3.63) is 0 Å². The molecular formula is C11H19N3O2. The van der Waals surface area contributed by atoms with Gasteiger partial charge in [-0.25, -0.2) is 0 Å². The van der Waals surface area contributed by atoms with E-state index < -0.39 is 0 Å². The second-order valence-electron chi connectivity index (χ2n) is 4.63. The van der Waals surface area contributed by atoms with Crippen LogP contribution in [0, 0.1) is 0 Å². The predicted octanol–water partition coefficient (Wildman–Crippen LogP) is -0.477. The van der Waals surface area contributed by atoms with Gasteiger partial charge in [-0.05, 0) is 12.8 Å². The van der Waals surface area contributed by atoms with Crippen molar-refractivity contribution in [1.29, 1.82) is 0 Å². The van der Waals surface area contributed by atoms with Gasteiger partial charge in [-0.15, -0.1) is 0 Å². The summed E-state index contributed by atoms with van der Waals surface area (Å²) in [6.07, 6.45) is 5.14. The summed E-state index contributed by atoms with van der Waals surface area (Å²) in [5.41, 5.74) is 0. The van der Waals surface area contributed by atoms with E-state index in [9.17, 15) is 9.59 Å². The zero-order valence-electron chi connectivity index (χ0n) is 9.42. The molecule has 3 N–H and O–H groups in total. The molecule has 5 heteroatoms. The van der Waals surface area contributed by atoms with Crippen LogP contribution in [0.3, 0.4) is 0 Å². The Bertz CT molecular complexity index is 274. The van der Waals surface area contributed by atoms with Gasteiger partial charge < -0.3 is 16.0 Å². The highest BCUT2D eigenvalue weighted by Gasteiger charge is 2.22. The summed E-state index contributed by atoms with van der Waals surface area (Å²) in [7, 11) is 0. The molecule has 1 atom stereocenters. The van der Waals surface area contributed by atoms with Crippen molar-refractivity contribution in [1.82, 2.24) is 16.0 Å². The number of amides is 2. The second-order valence-corrected chi connectivity index (χ2v) is 4.63. The summed E-state index contributed by atoms with van der Waals surface area (Å²) in [6, 6.07) is 0.486. The molecule has 1 aliphatic carbocycles. The zero-order valence-corrected chi connectivity index (χ0v) is 9.42. The fraction of sp³-hybridized carbons (Fsp3) is 0.818. The number of rotatable bonds is 4. The Morgan fingerprint density at radius 1 is 1.31 bits per heavy atom.